The van der Waals surface area contributed by atoms with Crippen molar-refractivity contribution in [3.8, 4) is 11.3 Å². The zero-order chi connectivity index (χ0) is 29.9. The van der Waals surface area contributed by atoms with Crippen LogP contribution in [0, 0.1) is 5.82 Å². The summed E-state index contributed by atoms with van der Waals surface area (Å²) in [5.41, 5.74) is 2.43. The highest BCUT2D eigenvalue weighted by Gasteiger charge is 2.45. The third-order valence-corrected chi connectivity index (χ3v) is 10.9. The van der Waals surface area contributed by atoms with Crippen LogP contribution in [0.3, 0.4) is 0 Å². The highest BCUT2D eigenvalue weighted by molar-refractivity contribution is 7.79. The van der Waals surface area contributed by atoms with Crippen LogP contribution >= 0.6 is 15.2 Å². The molecule has 0 unspecified atom stereocenters. The van der Waals surface area contributed by atoms with E-state index in [9.17, 15) is 18.3 Å². The first-order chi connectivity index (χ1) is 19.7. The van der Waals surface area contributed by atoms with E-state index in [2.05, 4.69) is 10.5 Å². The van der Waals surface area contributed by atoms with Crippen molar-refractivity contribution in [1.82, 2.24) is 5.16 Å². The first-order valence-corrected chi connectivity index (χ1v) is 16.4. The molecule has 0 atom stereocenters. The minimum absolute atomic E-state index is 0.0537. The van der Waals surface area contributed by atoms with Crippen LogP contribution in [-0.2, 0) is 38.4 Å². The quantitative estimate of drug-likeness (QED) is 0.162. The average molecular weight is 609 g/mol. The number of carbonyl (C=O) groups excluding carboxylic acids is 1. The molecular weight excluding hydrogens is 573 g/mol. The van der Waals surface area contributed by atoms with Crippen LogP contribution in [0.1, 0.15) is 45.2 Å². The topological polar surface area (TPSA) is 126 Å². The Morgan fingerprint density at radius 3 is 1.93 bits per heavy atom. The predicted octanol–water partition coefficient (Wildman–Crippen LogP) is 7.88. The summed E-state index contributed by atoms with van der Waals surface area (Å²) in [6.07, 6.45) is 3.48. The lowest BCUT2D eigenvalue weighted by Crippen LogP contribution is -2.12. The third-order valence-electron chi connectivity index (χ3n) is 5.62. The Hall–Kier alpha value is -2.91. The summed E-state index contributed by atoms with van der Waals surface area (Å²) >= 11 is 0. The molecule has 0 aliphatic rings. The van der Waals surface area contributed by atoms with Crippen molar-refractivity contribution in [1.29, 1.82) is 0 Å². The first kappa shape index (κ1) is 32.6. The van der Waals surface area contributed by atoms with Gasteiger partial charge in [-0.25, -0.2) is 4.39 Å². The molecule has 0 radical (unpaired) electrons. The summed E-state index contributed by atoms with van der Waals surface area (Å²) in [7, 11) is -8.05. The van der Waals surface area contributed by atoms with Crippen LogP contribution in [0.5, 0.6) is 0 Å². The molecule has 41 heavy (non-hydrogen) atoms. The zero-order valence-electron chi connectivity index (χ0n) is 23.5. The lowest BCUT2D eigenvalue weighted by Gasteiger charge is -2.25. The summed E-state index contributed by atoms with van der Waals surface area (Å²) in [5.74, 6) is -0.116. The number of nitrogens with one attached hydrogen (secondary N) is 1. The smallest absolute Gasteiger partial charge is 0.356 e. The van der Waals surface area contributed by atoms with Crippen LogP contribution in [0.4, 0.5) is 10.1 Å². The van der Waals surface area contributed by atoms with Gasteiger partial charge in [0.1, 0.15) is 5.82 Å². The average Bonchev–Trinajstić information content (AvgIpc) is 3.41. The van der Waals surface area contributed by atoms with E-state index in [0.29, 0.717) is 29.0 Å². The standard InChI is InChI=1S/C28H35FN2O8P2/c1-5-35-40(33,36-6-2)27(41(34,37-7-3)38-8-4)19-21-9-16-25(17-10-21)31-26(32)18-13-23-20-30-39-28(23)22-11-14-24(29)15-12-22/h9-12,14-17,19-20H,5-8,13,18H2,1-4H3,(H,31,32). The maximum absolute atomic E-state index is 13.7. The highest BCUT2D eigenvalue weighted by atomic mass is 31.2. The van der Waals surface area contributed by atoms with Gasteiger partial charge in [0, 0.05) is 23.2 Å². The summed E-state index contributed by atoms with van der Waals surface area (Å²) in [6.45, 7) is 6.82. The second kappa shape index (κ2) is 15.4. The lowest BCUT2D eigenvalue weighted by molar-refractivity contribution is -0.116. The number of halogens is 1. The molecule has 3 aromatic rings. The molecule has 1 N–H and O–H groups in total. The van der Waals surface area contributed by atoms with Crippen molar-refractivity contribution in [3.63, 3.8) is 0 Å². The van der Waals surface area contributed by atoms with Crippen LogP contribution in [-0.4, -0.2) is 37.5 Å². The minimum atomic E-state index is -4.03. The Labute approximate surface area is 239 Å². The maximum atomic E-state index is 13.7. The Morgan fingerprint density at radius 1 is 0.878 bits per heavy atom. The molecule has 2 aromatic carbocycles. The summed E-state index contributed by atoms with van der Waals surface area (Å²) in [5, 5.41) is 6.45. The molecule has 0 bridgehead atoms. The van der Waals surface area contributed by atoms with Gasteiger partial charge in [-0.15, -0.1) is 0 Å². The van der Waals surface area contributed by atoms with Gasteiger partial charge < -0.3 is 27.9 Å². The normalized spacial score (nSPS) is 11.8. The summed E-state index contributed by atoms with van der Waals surface area (Å²) in [4.78, 5) is 12.6. The number of aromatic nitrogens is 1. The monoisotopic (exact) mass is 608 g/mol. The number of benzene rings is 2. The number of nitrogens with zero attached hydrogens (tertiary/aromatic N) is 1. The third kappa shape index (κ3) is 8.79. The molecule has 0 saturated heterocycles. The van der Waals surface area contributed by atoms with Crippen LogP contribution in [0.15, 0.2) is 64.3 Å². The molecule has 222 valence electrons. The molecule has 1 aromatic heterocycles. The van der Waals surface area contributed by atoms with Gasteiger partial charge in [0.25, 0.3) is 0 Å². The molecule has 1 heterocycles. The Kier molecular flexibility index (Phi) is 12.2. The fraction of sp³-hybridized carbons (Fsp3) is 0.357. The van der Waals surface area contributed by atoms with Crippen molar-refractivity contribution in [2.45, 2.75) is 40.5 Å². The number of rotatable bonds is 16. The SMILES string of the molecule is CCOP(=O)(OCC)C(=Cc1ccc(NC(=O)CCc2cnoc2-c2ccc(F)cc2)cc1)P(=O)(OCC)OCC. The van der Waals surface area contributed by atoms with Gasteiger partial charge in [-0.2, -0.15) is 0 Å². The first-order valence-electron chi connectivity index (χ1n) is 13.3. The second-order valence-electron chi connectivity index (χ2n) is 8.53. The van der Waals surface area contributed by atoms with Gasteiger partial charge in [0.2, 0.25) is 5.91 Å². The lowest BCUT2D eigenvalue weighted by atomic mass is 10.1. The molecule has 0 saturated carbocycles. The van der Waals surface area contributed by atoms with E-state index in [-0.39, 0.29) is 49.6 Å². The van der Waals surface area contributed by atoms with Gasteiger partial charge in [0.05, 0.1) is 32.6 Å². The van der Waals surface area contributed by atoms with Crippen molar-refractivity contribution in [2.24, 2.45) is 0 Å². The molecule has 0 aliphatic heterocycles. The molecule has 13 heteroatoms. The van der Waals surface area contributed by atoms with E-state index in [1.165, 1.54) is 24.4 Å². The second-order valence-corrected chi connectivity index (χ2v) is 12.9. The molecule has 0 aliphatic carbocycles. The Bertz CT molecular complexity index is 1360. The van der Waals surface area contributed by atoms with Crippen LogP contribution in [0.25, 0.3) is 17.4 Å². The van der Waals surface area contributed by atoms with Crippen molar-refractivity contribution < 1.29 is 40.9 Å². The number of aryl methyl sites for hydroxylation is 1. The molecule has 10 nitrogen and oxygen atoms in total. The van der Waals surface area contributed by atoms with Gasteiger partial charge in [-0.05, 0) is 82.2 Å². The summed E-state index contributed by atoms with van der Waals surface area (Å²) in [6, 6.07) is 12.5. The molecule has 1 amide bonds. The van der Waals surface area contributed by atoms with Gasteiger partial charge in [-0.3, -0.25) is 13.9 Å². The molecule has 0 spiro atoms. The largest absolute Gasteiger partial charge is 0.369 e. The van der Waals surface area contributed by atoms with Crippen molar-refractivity contribution in [3.05, 3.63) is 76.7 Å². The molecule has 3 rings (SSSR count). The maximum Gasteiger partial charge on any atom is 0.369 e. The van der Waals surface area contributed by atoms with Gasteiger partial charge in [0.15, 0.2) is 10.8 Å². The van der Waals surface area contributed by atoms with Crippen LogP contribution < -0.4 is 5.32 Å². The van der Waals surface area contributed by atoms with E-state index in [1.807, 2.05) is 0 Å². The number of amides is 1. The van der Waals surface area contributed by atoms with E-state index in [4.69, 9.17) is 22.6 Å². The Morgan fingerprint density at radius 2 is 1.41 bits per heavy atom. The molecule has 0 fully saturated rings. The van der Waals surface area contributed by atoms with Crippen molar-refractivity contribution in [2.75, 3.05) is 31.7 Å². The minimum Gasteiger partial charge on any atom is -0.356 e. The number of hydrogen-bond acceptors (Lipinski definition) is 9. The molecular formula is C28H35FN2O8P2. The van der Waals surface area contributed by atoms with Crippen molar-refractivity contribution >= 4 is 32.9 Å². The number of hydrogen-bond donors (Lipinski definition) is 1. The van der Waals surface area contributed by atoms with E-state index in [1.54, 1.807) is 64.1 Å². The van der Waals surface area contributed by atoms with E-state index >= 15 is 0 Å². The Balaban J connectivity index is 1.76. The fourth-order valence-corrected chi connectivity index (χ4v) is 8.43. The fourth-order valence-electron chi connectivity index (χ4n) is 3.89. The van der Waals surface area contributed by atoms with Gasteiger partial charge >= 0.3 is 15.2 Å². The van der Waals surface area contributed by atoms with E-state index < -0.39 is 15.2 Å². The number of carbonyl (C=O) groups is 1. The predicted molar refractivity (Wildman–Crippen MR) is 155 cm³/mol. The highest BCUT2D eigenvalue weighted by Crippen LogP contribution is 2.74. The summed E-state index contributed by atoms with van der Waals surface area (Å²) < 4.78 is 67.8. The number of anilines is 1. The zero-order valence-corrected chi connectivity index (χ0v) is 25.3. The van der Waals surface area contributed by atoms with Crippen LogP contribution in [0.2, 0.25) is 0 Å². The van der Waals surface area contributed by atoms with E-state index in [0.717, 1.165) is 5.56 Å². The van der Waals surface area contributed by atoms with Gasteiger partial charge in [-0.1, -0.05) is 17.3 Å².